The molecule has 3 aromatic rings. The molecule has 3 aromatic carbocycles. The van der Waals surface area contributed by atoms with E-state index in [-0.39, 0.29) is 17.4 Å². The van der Waals surface area contributed by atoms with Crippen molar-refractivity contribution in [3.8, 4) is 5.75 Å². The molecule has 0 atom stereocenters. The fraction of sp³-hybridized carbons (Fsp3) is 0.208. The van der Waals surface area contributed by atoms with Gasteiger partial charge in [0.2, 0.25) is 10.0 Å². The van der Waals surface area contributed by atoms with Gasteiger partial charge in [-0.2, -0.15) is 0 Å². The number of ether oxygens (including phenoxy) is 1. The minimum absolute atomic E-state index is 0.146. The van der Waals surface area contributed by atoms with Gasteiger partial charge in [0.05, 0.1) is 4.90 Å². The smallest absolute Gasteiger partial charge is 0.262 e. The zero-order valence-corrected chi connectivity index (χ0v) is 18.4. The summed E-state index contributed by atoms with van der Waals surface area (Å²) < 4.78 is 33.0. The Bertz CT molecular complexity index is 1110. The van der Waals surface area contributed by atoms with Crippen molar-refractivity contribution in [2.45, 2.75) is 25.2 Å². The third kappa shape index (κ3) is 6.41. The Morgan fingerprint density at radius 3 is 2.16 bits per heavy atom. The van der Waals surface area contributed by atoms with E-state index in [1.165, 1.54) is 24.3 Å². The summed E-state index contributed by atoms with van der Waals surface area (Å²) in [5.41, 5.74) is 3.79. The van der Waals surface area contributed by atoms with E-state index in [9.17, 15) is 13.2 Å². The van der Waals surface area contributed by atoms with Crippen LogP contribution in [-0.4, -0.2) is 27.5 Å². The van der Waals surface area contributed by atoms with Crippen LogP contribution >= 0.6 is 0 Å². The Labute approximate surface area is 183 Å². The molecule has 0 radical (unpaired) electrons. The van der Waals surface area contributed by atoms with Gasteiger partial charge in [0.1, 0.15) is 5.75 Å². The fourth-order valence-corrected chi connectivity index (χ4v) is 4.14. The minimum atomic E-state index is -3.61. The van der Waals surface area contributed by atoms with Gasteiger partial charge in [-0.3, -0.25) is 4.79 Å². The number of benzene rings is 3. The van der Waals surface area contributed by atoms with Crippen LogP contribution in [0.3, 0.4) is 0 Å². The number of nitrogens with one attached hydrogen (secondary N) is 2. The molecule has 0 fully saturated rings. The molecule has 0 aromatic heterocycles. The lowest BCUT2D eigenvalue weighted by Crippen LogP contribution is -2.26. The van der Waals surface area contributed by atoms with Crippen LogP contribution in [0.1, 0.15) is 16.7 Å². The predicted octanol–water partition coefficient (Wildman–Crippen LogP) is 3.84. The maximum atomic E-state index is 12.5. The first kappa shape index (κ1) is 22.5. The highest BCUT2D eigenvalue weighted by Gasteiger charge is 2.14. The van der Waals surface area contributed by atoms with Crippen molar-refractivity contribution in [2.75, 3.05) is 18.5 Å². The fourth-order valence-electron chi connectivity index (χ4n) is 3.11. The van der Waals surface area contributed by atoms with Crippen LogP contribution in [-0.2, 0) is 21.2 Å². The highest BCUT2D eigenvalue weighted by molar-refractivity contribution is 7.89. The van der Waals surface area contributed by atoms with Gasteiger partial charge in [0.15, 0.2) is 6.61 Å². The standard InChI is InChI=1S/C24H26N2O4S/c1-18-7-6-8-19(2)24(18)26-23(27)17-30-21-11-13-22(14-12-21)31(28,29)25-16-15-20-9-4-3-5-10-20/h3-14,25H,15-17H2,1-2H3,(H,26,27). The largest absolute Gasteiger partial charge is 0.484 e. The molecule has 1 amide bonds. The molecule has 0 saturated heterocycles. The first-order valence-corrected chi connectivity index (χ1v) is 11.5. The Balaban J connectivity index is 1.51. The summed E-state index contributed by atoms with van der Waals surface area (Å²) in [4.78, 5) is 12.4. The van der Waals surface area contributed by atoms with Crippen LogP contribution in [0, 0.1) is 13.8 Å². The van der Waals surface area contributed by atoms with Gasteiger partial charge in [0.25, 0.3) is 5.91 Å². The molecule has 6 nitrogen and oxygen atoms in total. The van der Waals surface area contributed by atoms with Crippen LogP contribution in [0.2, 0.25) is 0 Å². The molecule has 0 heterocycles. The van der Waals surface area contributed by atoms with Crippen LogP contribution in [0.4, 0.5) is 5.69 Å². The number of carbonyl (C=O) groups is 1. The van der Waals surface area contributed by atoms with Crippen molar-refractivity contribution >= 4 is 21.6 Å². The maximum absolute atomic E-state index is 12.5. The second-order valence-electron chi connectivity index (χ2n) is 7.21. The van der Waals surface area contributed by atoms with Crippen LogP contribution in [0.5, 0.6) is 5.75 Å². The topological polar surface area (TPSA) is 84.5 Å². The van der Waals surface area contributed by atoms with E-state index in [1.54, 1.807) is 0 Å². The predicted molar refractivity (Wildman–Crippen MR) is 122 cm³/mol. The number of hydrogen-bond donors (Lipinski definition) is 2. The normalized spacial score (nSPS) is 11.2. The van der Waals surface area contributed by atoms with E-state index in [0.29, 0.717) is 18.7 Å². The Morgan fingerprint density at radius 2 is 1.52 bits per heavy atom. The SMILES string of the molecule is Cc1cccc(C)c1NC(=O)COc1ccc(S(=O)(=O)NCCc2ccccc2)cc1. The number of aryl methyl sites for hydroxylation is 2. The van der Waals surface area contributed by atoms with Gasteiger partial charge in [-0.05, 0) is 61.2 Å². The lowest BCUT2D eigenvalue weighted by Gasteiger charge is -2.12. The average Bonchev–Trinajstić information content (AvgIpc) is 2.76. The van der Waals surface area contributed by atoms with E-state index in [1.807, 2.05) is 62.4 Å². The van der Waals surface area contributed by atoms with Crippen molar-refractivity contribution < 1.29 is 17.9 Å². The quantitative estimate of drug-likeness (QED) is 0.532. The Morgan fingerprint density at radius 1 is 0.871 bits per heavy atom. The summed E-state index contributed by atoms with van der Waals surface area (Å²) in [6, 6.07) is 21.5. The van der Waals surface area contributed by atoms with Gasteiger partial charge < -0.3 is 10.1 Å². The summed E-state index contributed by atoms with van der Waals surface area (Å²) in [5, 5.41) is 2.85. The van der Waals surface area contributed by atoms with Gasteiger partial charge >= 0.3 is 0 Å². The number of carbonyl (C=O) groups excluding carboxylic acids is 1. The van der Waals surface area contributed by atoms with Crippen molar-refractivity contribution in [3.63, 3.8) is 0 Å². The summed E-state index contributed by atoms with van der Waals surface area (Å²) >= 11 is 0. The molecule has 2 N–H and O–H groups in total. The number of sulfonamides is 1. The first-order valence-electron chi connectivity index (χ1n) is 9.98. The van der Waals surface area contributed by atoms with Gasteiger partial charge in [-0.1, -0.05) is 48.5 Å². The van der Waals surface area contributed by atoms with Crippen molar-refractivity contribution in [2.24, 2.45) is 0 Å². The van der Waals surface area contributed by atoms with Crippen LogP contribution in [0.25, 0.3) is 0 Å². The molecule has 0 bridgehead atoms. The summed E-state index contributed by atoms with van der Waals surface area (Å²) in [6.45, 7) is 3.99. The Kier molecular flexibility index (Phi) is 7.44. The third-order valence-corrected chi connectivity index (χ3v) is 6.28. The van der Waals surface area contributed by atoms with Crippen LogP contribution < -0.4 is 14.8 Å². The molecule has 7 heteroatoms. The Hall–Kier alpha value is -3.16. The number of amides is 1. The van der Waals surface area contributed by atoms with E-state index in [2.05, 4.69) is 10.0 Å². The minimum Gasteiger partial charge on any atom is -0.484 e. The van der Waals surface area contributed by atoms with Crippen molar-refractivity contribution in [3.05, 3.63) is 89.5 Å². The molecule has 0 aliphatic heterocycles. The molecule has 0 unspecified atom stereocenters. The summed E-state index contributed by atoms with van der Waals surface area (Å²) in [6.07, 6.45) is 0.608. The van der Waals surface area contributed by atoms with Gasteiger partial charge in [-0.25, -0.2) is 13.1 Å². The highest BCUT2D eigenvalue weighted by atomic mass is 32.2. The summed E-state index contributed by atoms with van der Waals surface area (Å²) in [5.74, 6) is 0.136. The van der Waals surface area contributed by atoms with Crippen LogP contribution in [0.15, 0.2) is 77.7 Å². The maximum Gasteiger partial charge on any atom is 0.262 e. The lowest BCUT2D eigenvalue weighted by molar-refractivity contribution is -0.118. The lowest BCUT2D eigenvalue weighted by atomic mass is 10.1. The van der Waals surface area contributed by atoms with E-state index in [0.717, 1.165) is 22.4 Å². The van der Waals surface area contributed by atoms with Gasteiger partial charge in [-0.15, -0.1) is 0 Å². The molecular weight excluding hydrogens is 412 g/mol. The van der Waals surface area contributed by atoms with Crippen molar-refractivity contribution in [1.29, 1.82) is 0 Å². The van der Waals surface area contributed by atoms with E-state index < -0.39 is 10.0 Å². The molecule has 0 spiro atoms. The molecule has 162 valence electrons. The molecule has 31 heavy (non-hydrogen) atoms. The molecule has 0 aliphatic carbocycles. The number of hydrogen-bond acceptors (Lipinski definition) is 4. The second-order valence-corrected chi connectivity index (χ2v) is 8.98. The summed E-state index contributed by atoms with van der Waals surface area (Å²) in [7, 11) is -3.61. The zero-order chi connectivity index (χ0) is 22.3. The molecular formula is C24H26N2O4S. The monoisotopic (exact) mass is 438 g/mol. The van der Waals surface area contributed by atoms with Crippen molar-refractivity contribution in [1.82, 2.24) is 4.72 Å². The second kappa shape index (κ2) is 10.2. The van der Waals surface area contributed by atoms with E-state index >= 15 is 0 Å². The highest BCUT2D eigenvalue weighted by Crippen LogP contribution is 2.20. The molecule has 0 aliphatic rings. The number of para-hydroxylation sites is 1. The zero-order valence-electron chi connectivity index (χ0n) is 17.6. The number of rotatable bonds is 9. The molecule has 3 rings (SSSR count). The number of anilines is 1. The third-order valence-electron chi connectivity index (χ3n) is 4.80. The molecule has 0 saturated carbocycles. The average molecular weight is 439 g/mol. The van der Waals surface area contributed by atoms with E-state index in [4.69, 9.17) is 4.74 Å². The van der Waals surface area contributed by atoms with Gasteiger partial charge in [0, 0.05) is 12.2 Å². The first-order chi connectivity index (χ1) is 14.8.